The third kappa shape index (κ3) is 4.31. The van der Waals surface area contributed by atoms with Gasteiger partial charge in [-0.3, -0.25) is 4.79 Å². The fourth-order valence-electron chi connectivity index (χ4n) is 2.39. The van der Waals surface area contributed by atoms with Gasteiger partial charge in [-0.2, -0.15) is 9.57 Å². The topological polar surface area (TPSA) is 103 Å². The SMILES string of the molecule is CN(CC(=O)NCc1nc2ccccc2s1)S(=O)(=O)c1ccc(C#N)cc1. The maximum absolute atomic E-state index is 12.5. The van der Waals surface area contributed by atoms with Gasteiger partial charge in [0, 0.05) is 7.05 Å². The van der Waals surface area contributed by atoms with E-state index in [1.54, 1.807) is 0 Å². The number of fused-ring (bicyclic) bond motifs is 1. The summed E-state index contributed by atoms with van der Waals surface area (Å²) < 4.78 is 27.0. The molecule has 0 atom stereocenters. The number of rotatable bonds is 6. The standard InChI is InChI=1S/C18H16N4O3S2/c1-22(27(24,25)14-8-6-13(10-19)7-9-14)12-17(23)20-11-18-21-15-4-2-3-5-16(15)26-18/h2-9H,11-12H2,1H3,(H,20,23). The predicted octanol–water partition coefficient (Wildman–Crippen LogP) is 2.10. The maximum atomic E-state index is 12.5. The molecule has 2 aromatic carbocycles. The van der Waals surface area contributed by atoms with Crippen LogP contribution in [0.2, 0.25) is 0 Å². The van der Waals surface area contributed by atoms with E-state index in [9.17, 15) is 13.2 Å². The van der Waals surface area contributed by atoms with Gasteiger partial charge >= 0.3 is 0 Å². The molecule has 0 aliphatic heterocycles. The van der Waals surface area contributed by atoms with Crippen molar-refractivity contribution in [2.24, 2.45) is 0 Å². The Hall–Kier alpha value is -2.80. The van der Waals surface area contributed by atoms with Crippen LogP contribution in [0.25, 0.3) is 10.2 Å². The lowest BCUT2D eigenvalue weighted by molar-refractivity contribution is -0.121. The van der Waals surface area contributed by atoms with Crippen molar-refractivity contribution in [2.75, 3.05) is 13.6 Å². The average molecular weight is 400 g/mol. The minimum atomic E-state index is -3.81. The first-order chi connectivity index (χ1) is 12.9. The van der Waals surface area contributed by atoms with E-state index >= 15 is 0 Å². The van der Waals surface area contributed by atoms with Crippen LogP contribution in [-0.4, -0.2) is 37.2 Å². The third-order valence-electron chi connectivity index (χ3n) is 3.83. The molecule has 3 rings (SSSR count). The Balaban J connectivity index is 1.61. The lowest BCUT2D eigenvalue weighted by Crippen LogP contribution is -2.38. The molecule has 1 N–H and O–H groups in total. The van der Waals surface area contributed by atoms with E-state index in [1.165, 1.54) is 42.6 Å². The van der Waals surface area contributed by atoms with Crippen LogP contribution in [0.1, 0.15) is 10.6 Å². The number of amides is 1. The van der Waals surface area contributed by atoms with Gasteiger partial charge in [0.15, 0.2) is 0 Å². The number of sulfonamides is 1. The van der Waals surface area contributed by atoms with Crippen LogP contribution in [0.15, 0.2) is 53.4 Å². The first-order valence-corrected chi connectivity index (χ1v) is 10.2. The quantitative estimate of drug-likeness (QED) is 0.682. The number of carbonyl (C=O) groups is 1. The summed E-state index contributed by atoms with van der Waals surface area (Å²) in [5.41, 5.74) is 1.23. The number of nitrogens with zero attached hydrogens (tertiary/aromatic N) is 3. The highest BCUT2D eigenvalue weighted by atomic mass is 32.2. The van der Waals surface area contributed by atoms with E-state index < -0.39 is 15.9 Å². The van der Waals surface area contributed by atoms with Gasteiger partial charge in [0.05, 0.1) is 39.8 Å². The monoisotopic (exact) mass is 400 g/mol. The highest BCUT2D eigenvalue weighted by molar-refractivity contribution is 7.89. The highest BCUT2D eigenvalue weighted by Crippen LogP contribution is 2.21. The van der Waals surface area contributed by atoms with Gasteiger partial charge in [-0.1, -0.05) is 12.1 Å². The second-order valence-electron chi connectivity index (χ2n) is 5.75. The Morgan fingerprint density at radius 2 is 1.93 bits per heavy atom. The molecule has 138 valence electrons. The Morgan fingerprint density at radius 3 is 2.59 bits per heavy atom. The lowest BCUT2D eigenvalue weighted by atomic mass is 10.2. The van der Waals surface area contributed by atoms with Gasteiger partial charge in [0.1, 0.15) is 5.01 Å². The lowest BCUT2D eigenvalue weighted by Gasteiger charge is -2.16. The van der Waals surface area contributed by atoms with E-state index in [1.807, 2.05) is 30.3 Å². The van der Waals surface area contributed by atoms with Gasteiger partial charge in [-0.25, -0.2) is 13.4 Å². The van der Waals surface area contributed by atoms with E-state index in [0.29, 0.717) is 5.56 Å². The van der Waals surface area contributed by atoms with Crippen LogP contribution in [0, 0.1) is 11.3 Å². The molecule has 0 saturated heterocycles. The number of nitriles is 1. The number of benzene rings is 2. The molecule has 0 bridgehead atoms. The molecule has 0 fully saturated rings. The summed E-state index contributed by atoms with van der Waals surface area (Å²) in [7, 11) is -2.47. The molecule has 1 amide bonds. The van der Waals surface area contributed by atoms with Gasteiger partial charge in [0.2, 0.25) is 15.9 Å². The minimum Gasteiger partial charge on any atom is -0.348 e. The van der Waals surface area contributed by atoms with Crippen LogP contribution in [0.4, 0.5) is 0 Å². The van der Waals surface area contributed by atoms with E-state index in [4.69, 9.17) is 5.26 Å². The van der Waals surface area contributed by atoms with E-state index in [0.717, 1.165) is 19.5 Å². The number of para-hydroxylation sites is 1. The van der Waals surface area contributed by atoms with E-state index in [-0.39, 0.29) is 18.0 Å². The Kier molecular flexibility index (Phi) is 5.51. The summed E-state index contributed by atoms with van der Waals surface area (Å²) in [6, 6.07) is 15.2. The van der Waals surface area contributed by atoms with Crippen molar-refractivity contribution < 1.29 is 13.2 Å². The molecular weight excluding hydrogens is 384 g/mol. The van der Waals surface area contributed by atoms with Crippen LogP contribution in [-0.2, 0) is 21.4 Å². The number of thiazole rings is 1. The molecule has 1 heterocycles. The number of carbonyl (C=O) groups excluding carboxylic acids is 1. The van der Waals surface area contributed by atoms with Gasteiger partial charge in [-0.15, -0.1) is 11.3 Å². The van der Waals surface area contributed by atoms with Gasteiger partial charge < -0.3 is 5.32 Å². The number of likely N-dealkylation sites (N-methyl/N-ethyl adjacent to an activating group) is 1. The number of aromatic nitrogens is 1. The summed E-state index contributed by atoms with van der Waals surface area (Å²) in [5.74, 6) is -0.422. The minimum absolute atomic E-state index is 0.0305. The van der Waals surface area contributed by atoms with Gasteiger partial charge in [-0.05, 0) is 36.4 Å². The van der Waals surface area contributed by atoms with E-state index in [2.05, 4.69) is 10.3 Å². The molecule has 0 saturated carbocycles. The molecule has 0 spiro atoms. The Bertz CT molecular complexity index is 1080. The molecular formula is C18H16N4O3S2. The molecule has 1 aromatic heterocycles. The number of hydrogen-bond acceptors (Lipinski definition) is 6. The molecule has 0 radical (unpaired) electrons. The summed E-state index contributed by atoms with van der Waals surface area (Å²) in [4.78, 5) is 16.6. The Morgan fingerprint density at radius 1 is 1.22 bits per heavy atom. The van der Waals surface area contributed by atoms with Crippen molar-refractivity contribution in [3.8, 4) is 6.07 Å². The van der Waals surface area contributed by atoms with Crippen LogP contribution >= 0.6 is 11.3 Å². The number of nitrogens with one attached hydrogen (secondary N) is 1. The maximum Gasteiger partial charge on any atom is 0.243 e. The molecule has 27 heavy (non-hydrogen) atoms. The molecule has 7 nitrogen and oxygen atoms in total. The average Bonchev–Trinajstić information content (AvgIpc) is 3.09. The summed E-state index contributed by atoms with van der Waals surface area (Å²) >= 11 is 1.48. The summed E-state index contributed by atoms with van der Waals surface area (Å²) in [6.07, 6.45) is 0. The molecule has 0 aliphatic carbocycles. The van der Waals surface area contributed by atoms with Crippen molar-refractivity contribution in [1.82, 2.24) is 14.6 Å². The summed E-state index contributed by atoms with van der Waals surface area (Å²) in [5, 5.41) is 12.2. The third-order valence-corrected chi connectivity index (χ3v) is 6.69. The Labute approximate surface area is 160 Å². The number of hydrogen-bond donors (Lipinski definition) is 1. The van der Waals surface area contributed by atoms with Gasteiger partial charge in [0.25, 0.3) is 0 Å². The molecule has 9 heteroatoms. The smallest absolute Gasteiger partial charge is 0.243 e. The second kappa shape index (κ2) is 7.84. The first-order valence-electron chi connectivity index (χ1n) is 7.98. The van der Waals surface area contributed by atoms with Crippen molar-refractivity contribution >= 4 is 37.5 Å². The van der Waals surface area contributed by atoms with Crippen molar-refractivity contribution in [1.29, 1.82) is 5.26 Å². The fraction of sp³-hybridized carbons (Fsp3) is 0.167. The van der Waals surface area contributed by atoms with Crippen molar-refractivity contribution in [3.63, 3.8) is 0 Å². The highest BCUT2D eigenvalue weighted by Gasteiger charge is 2.23. The largest absolute Gasteiger partial charge is 0.348 e. The zero-order valence-corrected chi connectivity index (χ0v) is 16.0. The van der Waals surface area contributed by atoms with Crippen molar-refractivity contribution in [3.05, 3.63) is 59.1 Å². The van der Waals surface area contributed by atoms with Crippen molar-refractivity contribution in [2.45, 2.75) is 11.4 Å². The predicted molar refractivity (Wildman–Crippen MR) is 102 cm³/mol. The van der Waals surface area contributed by atoms with Crippen LogP contribution < -0.4 is 5.32 Å². The first kappa shape index (κ1) is 19.0. The molecule has 3 aromatic rings. The zero-order valence-electron chi connectivity index (χ0n) is 14.4. The molecule has 0 aliphatic rings. The van der Waals surface area contributed by atoms with Crippen LogP contribution in [0.5, 0.6) is 0 Å². The second-order valence-corrected chi connectivity index (χ2v) is 8.91. The zero-order chi connectivity index (χ0) is 19.4. The molecule has 0 unspecified atom stereocenters. The summed E-state index contributed by atoms with van der Waals surface area (Å²) in [6.45, 7) is -0.0733. The van der Waals surface area contributed by atoms with Crippen LogP contribution in [0.3, 0.4) is 0 Å². The normalized spacial score (nSPS) is 11.4. The fourth-order valence-corrected chi connectivity index (χ4v) is 4.43.